The molecule has 0 unspecified atom stereocenters. The first-order valence-electron chi connectivity index (χ1n) is 4.06. The summed E-state index contributed by atoms with van der Waals surface area (Å²) < 4.78 is 1.47. The molecule has 1 heterocycles. The molecule has 0 fully saturated rings. The Labute approximate surface area is 81.7 Å². The number of nitrogens with zero attached hydrogens (tertiary/aromatic N) is 1. The Morgan fingerprint density at radius 1 is 1.31 bits per heavy atom. The van der Waals surface area contributed by atoms with Crippen molar-refractivity contribution in [3.8, 4) is 0 Å². The molecule has 0 aliphatic carbocycles. The fraction of sp³-hybridized carbons (Fsp3) is 0.100. The van der Waals surface area contributed by atoms with Crippen LogP contribution in [0.4, 0.5) is 5.82 Å². The second kappa shape index (κ2) is 2.89. The maximum absolute atomic E-state index is 5.95. The van der Waals surface area contributed by atoms with Gasteiger partial charge >= 0.3 is 0 Å². The van der Waals surface area contributed by atoms with Crippen molar-refractivity contribution in [3.63, 3.8) is 0 Å². The van der Waals surface area contributed by atoms with E-state index in [9.17, 15) is 0 Å². The van der Waals surface area contributed by atoms with Gasteiger partial charge in [0, 0.05) is 11.5 Å². The van der Waals surface area contributed by atoms with Crippen molar-refractivity contribution < 1.29 is 4.09 Å². The average molecular weight is 194 g/mol. The number of hydrogen-bond donors (Lipinski definition) is 1. The molecule has 0 aliphatic heterocycles. The fourth-order valence-electron chi connectivity index (χ4n) is 1.47. The third-order valence-corrected chi connectivity index (χ3v) is 2.62. The minimum atomic E-state index is 0.567. The summed E-state index contributed by atoms with van der Waals surface area (Å²) in [5.41, 5.74) is 6.69. The van der Waals surface area contributed by atoms with Crippen LogP contribution in [0, 0.1) is 6.92 Å². The maximum atomic E-state index is 5.95. The molecule has 2 aromatic rings. The lowest BCUT2D eigenvalue weighted by molar-refractivity contribution is -0.509. The number of aromatic nitrogens is 1. The van der Waals surface area contributed by atoms with Crippen molar-refractivity contribution in [1.29, 1.82) is 0 Å². The predicted octanol–water partition coefficient (Wildman–Crippen LogP) is 2.02. The smallest absolute Gasteiger partial charge is 0.286 e. The highest BCUT2D eigenvalue weighted by atomic mass is 35.5. The molecule has 0 saturated heterocycles. The van der Waals surface area contributed by atoms with Crippen molar-refractivity contribution >= 4 is 28.4 Å². The van der Waals surface area contributed by atoms with Crippen molar-refractivity contribution in [2.24, 2.45) is 0 Å². The van der Waals surface area contributed by atoms with Crippen molar-refractivity contribution in [1.82, 2.24) is 0 Å². The van der Waals surface area contributed by atoms with E-state index in [0.29, 0.717) is 5.82 Å². The van der Waals surface area contributed by atoms with Gasteiger partial charge < -0.3 is 0 Å². The van der Waals surface area contributed by atoms with Gasteiger partial charge in [0.2, 0.25) is 0 Å². The van der Waals surface area contributed by atoms with Gasteiger partial charge in [-0.1, -0.05) is 24.3 Å². The Morgan fingerprint density at radius 2 is 2.00 bits per heavy atom. The normalized spacial score (nSPS) is 10.6. The number of halogens is 1. The van der Waals surface area contributed by atoms with Gasteiger partial charge in [-0.25, -0.2) is 0 Å². The summed E-state index contributed by atoms with van der Waals surface area (Å²) in [7, 11) is 0. The first-order valence-corrected chi connectivity index (χ1v) is 4.40. The second-order valence-corrected chi connectivity index (χ2v) is 3.36. The molecule has 3 heteroatoms. The van der Waals surface area contributed by atoms with Gasteiger partial charge in [0.05, 0.1) is 0 Å². The summed E-state index contributed by atoms with van der Waals surface area (Å²) in [5.74, 6) is 0.567. The van der Waals surface area contributed by atoms with E-state index in [1.165, 1.54) is 4.09 Å². The molecule has 13 heavy (non-hydrogen) atoms. The van der Waals surface area contributed by atoms with E-state index in [2.05, 4.69) is 0 Å². The van der Waals surface area contributed by atoms with Gasteiger partial charge in [-0.2, -0.15) is 0 Å². The Kier molecular flexibility index (Phi) is 1.85. The molecular weight excluding hydrogens is 184 g/mol. The van der Waals surface area contributed by atoms with E-state index in [1.54, 1.807) is 0 Å². The van der Waals surface area contributed by atoms with Gasteiger partial charge in [-0.3, -0.25) is 5.73 Å². The molecule has 0 atom stereocenters. The number of anilines is 1. The number of hydrogen-bond acceptors (Lipinski definition) is 1. The van der Waals surface area contributed by atoms with Gasteiger partial charge in [0.15, 0.2) is 0 Å². The van der Waals surface area contributed by atoms with Crippen LogP contribution in [0.1, 0.15) is 5.69 Å². The van der Waals surface area contributed by atoms with Gasteiger partial charge in [-0.05, 0) is 12.3 Å². The zero-order valence-electron chi connectivity index (χ0n) is 7.29. The first kappa shape index (κ1) is 8.32. The monoisotopic (exact) mass is 193 g/mol. The van der Waals surface area contributed by atoms with Crippen LogP contribution in [0.2, 0.25) is 0 Å². The lowest BCUT2D eigenvalue weighted by atomic mass is 10.1. The molecule has 0 amide bonds. The highest BCUT2D eigenvalue weighted by molar-refractivity contribution is 6.06. The van der Waals surface area contributed by atoms with Crippen LogP contribution < -0.4 is 9.82 Å². The SMILES string of the molecule is Cc1c2ccccc2cc(N)[n+]1Cl. The van der Waals surface area contributed by atoms with Crippen LogP contribution in [0.15, 0.2) is 30.3 Å². The molecule has 0 saturated carbocycles. The molecule has 1 aromatic carbocycles. The summed E-state index contributed by atoms with van der Waals surface area (Å²) in [5, 5.41) is 2.25. The molecule has 0 spiro atoms. The van der Waals surface area contributed by atoms with Crippen molar-refractivity contribution in [2.45, 2.75) is 6.92 Å². The molecule has 0 radical (unpaired) electrons. The third-order valence-electron chi connectivity index (χ3n) is 2.18. The summed E-state index contributed by atoms with van der Waals surface area (Å²) >= 11 is 5.95. The quantitative estimate of drug-likeness (QED) is 0.682. The number of aryl methyl sites for hydroxylation is 1. The summed E-state index contributed by atoms with van der Waals surface area (Å²) in [4.78, 5) is 0. The van der Waals surface area contributed by atoms with E-state index in [0.717, 1.165) is 16.5 Å². The lowest BCUT2D eigenvalue weighted by Gasteiger charge is -2.02. The molecule has 2 rings (SSSR count). The summed E-state index contributed by atoms with van der Waals surface area (Å²) in [6.07, 6.45) is 0. The minimum Gasteiger partial charge on any atom is -0.286 e. The number of nitrogens with two attached hydrogens (primary N) is 1. The highest BCUT2D eigenvalue weighted by Crippen LogP contribution is 2.17. The first-order chi connectivity index (χ1) is 6.20. The Morgan fingerprint density at radius 3 is 2.77 bits per heavy atom. The summed E-state index contributed by atoms with van der Waals surface area (Å²) in [6, 6.07) is 9.90. The number of fused-ring (bicyclic) bond motifs is 1. The zero-order valence-corrected chi connectivity index (χ0v) is 8.05. The average Bonchev–Trinajstić information content (AvgIpc) is 2.15. The van der Waals surface area contributed by atoms with E-state index in [-0.39, 0.29) is 0 Å². The Balaban J connectivity index is 2.94. The molecule has 0 aliphatic rings. The largest absolute Gasteiger partial charge is 0.290 e. The van der Waals surface area contributed by atoms with E-state index >= 15 is 0 Å². The number of rotatable bonds is 0. The van der Waals surface area contributed by atoms with E-state index < -0.39 is 0 Å². The van der Waals surface area contributed by atoms with Gasteiger partial charge in [0.1, 0.15) is 17.5 Å². The molecule has 2 nitrogen and oxygen atoms in total. The Hall–Kier alpha value is -1.28. The van der Waals surface area contributed by atoms with Crippen molar-refractivity contribution in [3.05, 3.63) is 36.0 Å². The van der Waals surface area contributed by atoms with Gasteiger partial charge in [-0.15, -0.1) is 4.09 Å². The molecule has 0 bridgehead atoms. The second-order valence-electron chi connectivity index (χ2n) is 3.02. The van der Waals surface area contributed by atoms with Crippen LogP contribution in [0.3, 0.4) is 0 Å². The molecule has 1 aromatic heterocycles. The van der Waals surface area contributed by atoms with Crippen LogP contribution >= 0.6 is 11.8 Å². The van der Waals surface area contributed by atoms with Crippen molar-refractivity contribution in [2.75, 3.05) is 5.73 Å². The van der Waals surface area contributed by atoms with Crippen LogP contribution in [-0.4, -0.2) is 0 Å². The number of pyridine rings is 1. The predicted molar refractivity (Wildman–Crippen MR) is 54.5 cm³/mol. The zero-order chi connectivity index (χ0) is 9.42. The number of benzene rings is 1. The molecular formula is C10H10ClN2+. The molecule has 2 N–H and O–H groups in total. The summed E-state index contributed by atoms with van der Waals surface area (Å²) in [6.45, 7) is 1.95. The van der Waals surface area contributed by atoms with Gasteiger partial charge in [0.25, 0.3) is 5.82 Å². The third kappa shape index (κ3) is 1.23. The molecule has 66 valence electrons. The maximum Gasteiger partial charge on any atom is 0.290 e. The van der Waals surface area contributed by atoms with Crippen LogP contribution in [-0.2, 0) is 0 Å². The highest BCUT2D eigenvalue weighted by Gasteiger charge is 2.09. The lowest BCUT2D eigenvalue weighted by Crippen LogP contribution is -2.29. The Bertz CT molecular complexity index is 466. The standard InChI is InChI=1S/C10H9ClN2/c1-7-9-5-3-2-4-8(9)6-10(12)13(7)11/h2-6,12H,1H3/p+1. The van der Waals surface area contributed by atoms with Crippen LogP contribution in [0.25, 0.3) is 10.8 Å². The fourth-order valence-corrected chi connectivity index (χ4v) is 1.61. The minimum absolute atomic E-state index is 0.567. The van der Waals surface area contributed by atoms with E-state index in [1.807, 2.05) is 37.3 Å². The topological polar surface area (TPSA) is 29.9 Å². The number of nitrogen functional groups attached to an aromatic ring is 1. The van der Waals surface area contributed by atoms with E-state index in [4.69, 9.17) is 17.5 Å². The van der Waals surface area contributed by atoms with Crippen LogP contribution in [0.5, 0.6) is 0 Å².